The highest BCUT2D eigenvalue weighted by molar-refractivity contribution is 6.09. The van der Waals surface area contributed by atoms with Crippen LogP contribution in [0.4, 0.5) is 4.79 Å². The van der Waals surface area contributed by atoms with E-state index in [9.17, 15) is 14.4 Å². The summed E-state index contributed by atoms with van der Waals surface area (Å²) in [7, 11) is 3.11. The SMILES string of the molecule is COc1ccc(C2(c3ccc(OC)cc3)NC(=O)N(CCn3nc4ccccn4c3=O)C2=O)cc1. The third-order valence-corrected chi connectivity index (χ3v) is 6.18. The van der Waals surface area contributed by atoms with E-state index in [1.165, 1.54) is 9.08 Å². The molecular weight excluding hydrogens is 450 g/mol. The summed E-state index contributed by atoms with van der Waals surface area (Å²) in [6, 6.07) is 18.6. The molecule has 3 heterocycles. The molecule has 1 fully saturated rings. The van der Waals surface area contributed by atoms with Crippen molar-refractivity contribution in [1.29, 1.82) is 0 Å². The first kappa shape index (κ1) is 22.2. The molecule has 0 unspecified atom stereocenters. The molecule has 4 aromatic rings. The minimum absolute atomic E-state index is 0.0253. The highest BCUT2D eigenvalue weighted by Gasteiger charge is 2.53. The van der Waals surface area contributed by atoms with Crippen molar-refractivity contribution >= 4 is 17.6 Å². The Morgan fingerprint density at radius 2 is 1.43 bits per heavy atom. The van der Waals surface area contributed by atoms with Gasteiger partial charge in [-0.15, -0.1) is 5.10 Å². The van der Waals surface area contributed by atoms with Gasteiger partial charge in [-0.1, -0.05) is 30.3 Å². The summed E-state index contributed by atoms with van der Waals surface area (Å²) >= 11 is 0. The van der Waals surface area contributed by atoms with Crippen LogP contribution in [0.25, 0.3) is 5.65 Å². The first-order valence-electron chi connectivity index (χ1n) is 11.0. The second-order valence-corrected chi connectivity index (χ2v) is 8.03. The van der Waals surface area contributed by atoms with Gasteiger partial charge in [-0.2, -0.15) is 0 Å². The summed E-state index contributed by atoms with van der Waals surface area (Å²) in [5, 5.41) is 7.18. The van der Waals surface area contributed by atoms with Gasteiger partial charge in [-0.05, 0) is 47.5 Å². The third kappa shape index (κ3) is 3.59. The summed E-state index contributed by atoms with van der Waals surface area (Å²) < 4.78 is 13.2. The quantitative estimate of drug-likeness (QED) is 0.412. The van der Waals surface area contributed by atoms with Crippen LogP contribution in [0, 0.1) is 0 Å². The van der Waals surface area contributed by atoms with Crippen LogP contribution in [0.3, 0.4) is 0 Å². The molecule has 10 nitrogen and oxygen atoms in total. The zero-order chi connectivity index (χ0) is 24.6. The number of imide groups is 1. The molecule has 10 heteroatoms. The molecule has 0 spiro atoms. The lowest BCUT2D eigenvalue weighted by Gasteiger charge is -2.28. The zero-order valence-corrected chi connectivity index (χ0v) is 19.2. The number of carbonyl (C=O) groups is 2. The zero-order valence-electron chi connectivity index (χ0n) is 19.2. The predicted molar refractivity (Wildman–Crippen MR) is 126 cm³/mol. The first-order valence-corrected chi connectivity index (χ1v) is 11.0. The molecular formula is C25H23N5O5. The van der Waals surface area contributed by atoms with E-state index in [4.69, 9.17) is 9.47 Å². The average Bonchev–Trinajstić information content (AvgIpc) is 3.36. The largest absolute Gasteiger partial charge is 0.497 e. The number of aromatic nitrogens is 3. The number of rotatable bonds is 7. The van der Waals surface area contributed by atoms with E-state index in [1.54, 1.807) is 87.1 Å². The molecule has 1 aliphatic heterocycles. The Bertz CT molecular complexity index is 1410. The predicted octanol–water partition coefficient (Wildman–Crippen LogP) is 2.01. The minimum Gasteiger partial charge on any atom is -0.497 e. The Hall–Kier alpha value is -4.60. The number of amides is 3. The molecule has 0 atom stereocenters. The number of pyridine rings is 1. The van der Waals surface area contributed by atoms with Crippen LogP contribution in [-0.2, 0) is 16.9 Å². The van der Waals surface area contributed by atoms with Crippen LogP contribution >= 0.6 is 0 Å². The van der Waals surface area contributed by atoms with Crippen LogP contribution in [-0.4, -0.2) is 51.8 Å². The van der Waals surface area contributed by atoms with Gasteiger partial charge in [0.2, 0.25) is 0 Å². The number of methoxy groups -OCH3 is 2. The molecule has 178 valence electrons. The highest BCUT2D eigenvalue weighted by Crippen LogP contribution is 2.37. The van der Waals surface area contributed by atoms with Gasteiger partial charge in [0.15, 0.2) is 11.2 Å². The number of fused-ring (bicyclic) bond motifs is 1. The second-order valence-electron chi connectivity index (χ2n) is 8.03. The highest BCUT2D eigenvalue weighted by atomic mass is 16.5. The molecule has 3 amide bonds. The van der Waals surface area contributed by atoms with Gasteiger partial charge < -0.3 is 14.8 Å². The number of nitrogens with zero attached hydrogens (tertiary/aromatic N) is 4. The number of hydrogen-bond donors (Lipinski definition) is 1. The molecule has 0 bridgehead atoms. The fourth-order valence-electron chi connectivity index (χ4n) is 4.33. The van der Waals surface area contributed by atoms with Crippen molar-refractivity contribution in [2.24, 2.45) is 0 Å². The normalized spacial score (nSPS) is 14.9. The van der Waals surface area contributed by atoms with E-state index in [0.29, 0.717) is 28.3 Å². The molecule has 1 aliphatic rings. The number of nitrogens with one attached hydrogen (secondary N) is 1. The Balaban J connectivity index is 1.51. The molecule has 35 heavy (non-hydrogen) atoms. The van der Waals surface area contributed by atoms with Crippen molar-refractivity contribution in [3.8, 4) is 11.5 Å². The standard InChI is InChI=1S/C25H23N5O5/c1-34-19-10-6-17(7-11-19)25(18-8-12-20(35-2)13-9-18)22(31)29(23(32)26-25)15-16-30-24(33)28-14-4-3-5-21(28)27-30/h3-14H,15-16H2,1-2H3,(H,26,32). The summed E-state index contributed by atoms with van der Waals surface area (Å²) in [6.07, 6.45) is 1.62. The summed E-state index contributed by atoms with van der Waals surface area (Å²) in [5.74, 6) is 0.798. The molecule has 1 N–H and O–H groups in total. The maximum atomic E-state index is 13.9. The third-order valence-electron chi connectivity index (χ3n) is 6.18. The van der Waals surface area contributed by atoms with Gasteiger partial charge in [0, 0.05) is 6.20 Å². The molecule has 2 aromatic heterocycles. The van der Waals surface area contributed by atoms with Crippen LogP contribution in [0.2, 0.25) is 0 Å². The summed E-state index contributed by atoms with van der Waals surface area (Å²) in [6.45, 7) is 0.0312. The maximum Gasteiger partial charge on any atom is 0.350 e. The van der Waals surface area contributed by atoms with Crippen molar-refractivity contribution < 1.29 is 19.1 Å². The lowest BCUT2D eigenvalue weighted by Crippen LogP contribution is -2.45. The van der Waals surface area contributed by atoms with Crippen LogP contribution in [0.1, 0.15) is 11.1 Å². The van der Waals surface area contributed by atoms with Gasteiger partial charge in [0.25, 0.3) is 5.91 Å². The van der Waals surface area contributed by atoms with Crippen molar-refractivity contribution in [2.75, 3.05) is 20.8 Å². The number of benzene rings is 2. The van der Waals surface area contributed by atoms with Gasteiger partial charge in [-0.25, -0.2) is 14.3 Å². The van der Waals surface area contributed by atoms with Crippen molar-refractivity contribution in [1.82, 2.24) is 24.4 Å². The molecule has 1 saturated heterocycles. The number of ether oxygens (including phenoxy) is 2. The molecule has 2 aromatic carbocycles. The van der Waals surface area contributed by atoms with Crippen LogP contribution in [0.5, 0.6) is 11.5 Å². The molecule has 0 saturated carbocycles. The Morgan fingerprint density at radius 3 is 1.97 bits per heavy atom. The summed E-state index contributed by atoms with van der Waals surface area (Å²) in [4.78, 5) is 40.7. The van der Waals surface area contributed by atoms with E-state index in [2.05, 4.69) is 10.4 Å². The number of carbonyl (C=O) groups excluding carboxylic acids is 2. The van der Waals surface area contributed by atoms with E-state index in [0.717, 1.165) is 4.90 Å². The van der Waals surface area contributed by atoms with E-state index in [-0.39, 0.29) is 18.8 Å². The van der Waals surface area contributed by atoms with Crippen molar-refractivity contribution in [3.63, 3.8) is 0 Å². The lowest BCUT2D eigenvalue weighted by molar-refractivity contribution is -0.130. The lowest BCUT2D eigenvalue weighted by atomic mass is 9.82. The van der Waals surface area contributed by atoms with Crippen LogP contribution < -0.4 is 20.5 Å². The number of hydrogen-bond acceptors (Lipinski definition) is 6. The minimum atomic E-state index is -1.44. The molecule has 0 aliphatic carbocycles. The van der Waals surface area contributed by atoms with E-state index >= 15 is 0 Å². The average molecular weight is 473 g/mol. The number of urea groups is 1. The fraction of sp³-hybridized carbons (Fsp3) is 0.200. The van der Waals surface area contributed by atoms with Gasteiger partial charge in [-0.3, -0.25) is 14.1 Å². The van der Waals surface area contributed by atoms with Crippen LogP contribution in [0.15, 0.2) is 77.7 Å². The molecule has 0 radical (unpaired) electrons. The Morgan fingerprint density at radius 1 is 0.829 bits per heavy atom. The fourth-order valence-corrected chi connectivity index (χ4v) is 4.33. The Labute approximate surface area is 200 Å². The van der Waals surface area contributed by atoms with E-state index < -0.39 is 17.5 Å². The van der Waals surface area contributed by atoms with Crippen molar-refractivity contribution in [2.45, 2.75) is 12.1 Å². The smallest absolute Gasteiger partial charge is 0.350 e. The summed E-state index contributed by atoms with van der Waals surface area (Å²) in [5.41, 5.74) is -0.146. The Kier molecular flexibility index (Phi) is 5.48. The van der Waals surface area contributed by atoms with E-state index in [1.807, 2.05) is 0 Å². The molecule has 5 rings (SSSR count). The van der Waals surface area contributed by atoms with Crippen molar-refractivity contribution in [3.05, 3.63) is 94.5 Å². The monoisotopic (exact) mass is 473 g/mol. The maximum absolute atomic E-state index is 13.9. The first-order chi connectivity index (χ1) is 17.0. The van der Waals surface area contributed by atoms with Gasteiger partial charge in [0.1, 0.15) is 11.5 Å². The second kappa shape index (κ2) is 8.64. The topological polar surface area (TPSA) is 107 Å². The van der Waals surface area contributed by atoms with Gasteiger partial charge >= 0.3 is 11.7 Å². The van der Waals surface area contributed by atoms with Gasteiger partial charge in [0.05, 0.1) is 27.3 Å².